The van der Waals surface area contributed by atoms with Gasteiger partial charge in [-0.15, -0.1) is 0 Å². The monoisotopic (exact) mass is 254 g/mol. The van der Waals surface area contributed by atoms with E-state index in [2.05, 4.69) is 5.32 Å². The smallest absolute Gasteiger partial charge is 0.390 e. The fourth-order valence-corrected chi connectivity index (χ4v) is 1.74. The second-order valence-corrected chi connectivity index (χ2v) is 4.21. The summed E-state index contributed by atoms with van der Waals surface area (Å²) in [5, 5.41) is 11.1. The van der Waals surface area contributed by atoms with Gasteiger partial charge in [0.1, 0.15) is 0 Å². The van der Waals surface area contributed by atoms with Crippen LogP contribution < -0.4 is 5.32 Å². The summed E-state index contributed by atoms with van der Waals surface area (Å²) >= 11 is 0. The molecule has 1 aliphatic rings. The van der Waals surface area contributed by atoms with Gasteiger partial charge in [0.2, 0.25) is 0 Å². The molecule has 0 aromatic rings. The summed E-state index contributed by atoms with van der Waals surface area (Å²) in [7, 11) is 0. The molecule has 0 spiro atoms. The first-order valence-electron chi connectivity index (χ1n) is 5.63. The highest BCUT2D eigenvalue weighted by atomic mass is 19.4. The molecular weight excluding hydrogens is 237 g/mol. The Balaban J connectivity index is 2.21. The van der Waals surface area contributed by atoms with Crippen LogP contribution >= 0.6 is 0 Å². The zero-order valence-electron chi connectivity index (χ0n) is 9.46. The maximum Gasteiger partial charge on any atom is 0.390 e. The summed E-state index contributed by atoms with van der Waals surface area (Å²) in [5.41, 5.74) is 0. The van der Waals surface area contributed by atoms with Crippen molar-refractivity contribution in [3.05, 3.63) is 0 Å². The molecule has 4 nitrogen and oxygen atoms in total. The van der Waals surface area contributed by atoms with E-state index < -0.39 is 18.6 Å². The number of hydrogen-bond donors (Lipinski definition) is 2. The first-order chi connectivity index (χ1) is 7.92. The van der Waals surface area contributed by atoms with Gasteiger partial charge >= 0.3 is 12.2 Å². The molecule has 0 bridgehead atoms. The van der Waals surface area contributed by atoms with Gasteiger partial charge in [0, 0.05) is 26.2 Å². The summed E-state index contributed by atoms with van der Waals surface area (Å²) < 4.78 is 35.6. The zero-order valence-corrected chi connectivity index (χ0v) is 9.46. The summed E-state index contributed by atoms with van der Waals surface area (Å²) in [6.07, 6.45) is -3.85. The van der Waals surface area contributed by atoms with Gasteiger partial charge < -0.3 is 15.3 Å². The molecule has 2 N–H and O–H groups in total. The van der Waals surface area contributed by atoms with Gasteiger partial charge in [-0.1, -0.05) is 0 Å². The number of carbonyl (C=O) groups excluding carboxylic acids is 1. The van der Waals surface area contributed by atoms with Crippen LogP contribution in [0.25, 0.3) is 0 Å². The highest BCUT2D eigenvalue weighted by Gasteiger charge is 2.27. The number of nitrogens with one attached hydrogen (secondary N) is 1. The molecule has 1 aliphatic heterocycles. The Morgan fingerprint density at radius 1 is 1.35 bits per heavy atom. The number of rotatable bonds is 3. The van der Waals surface area contributed by atoms with Gasteiger partial charge in [-0.3, -0.25) is 0 Å². The minimum atomic E-state index is -4.24. The lowest BCUT2D eigenvalue weighted by Gasteiger charge is -2.31. The SMILES string of the molecule is O=C(NCCC(F)(F)F)N1CCC(CO)CC1. The van der Waals surface area contributed by atoms with E-state index in [0.29, 0.717) is 25.9 Å². The Morgan fingerprint density at radius 3 is 2.41 bits per heavy atom. The molecule has 7 heteroatoms. The second kappa shape index (κ2) is 6.09. The summed E-state index contributed by atoms with van der Waals surface area (Å²) in [4.78, 5) is 13.0. The number of carbonyl (C=O) groups is 1. The van der Waals surface area contributed by atoms with Gasteiger partial charge in [0.05, 0.1) is 6.42 Å². The number of alkyl halides is 3. The van der Waals surface area contributed by atoms with Gasteiger partial charge in [-0.25, -0.2) is 4.79 Å². The number of likely N-dealkylation sites (tertiary alicyclic amines) is 1. The lowest BCUT2D eigenvalue weighted by Crippen LogP contribution is -2.45. The third-order valence-corrected chi connectivity index (χ3v) is 2.84. The van der Waals surface area contributed by atoms with Crippen LogP contribution in [0.5, 0.6) is 0 Å². The first-order valence-corrected chi connectivity index (χ1v) is 5.63. The largest absolute Gasteiger partial charge is 0.396 e. The lowest BCUT2D eigenvalue weighted by atomic mass is 9.98. The van der Waals surface area contributed by atoms with E-state index in [1.165, 1.54) is 4.90 Å². The maximum atomic E-state index is 11.9. The van der Waals surface area contributed by atoms with Crippen LogP contribution in [0, 0.1) is 5.92 Å². The van der Waals surface area contributed by atoms with Crippen LogP contribution in [0.1, 0.15) is 19.3 Å². The lowest BCUT2D eigenvalue weighted by molar-refractivity contribution is -0.133. The molecule has 1 saturated heterocycles. The number of halogens is 3. The zero-order chi connectivity index (χ0) is 12.9. The van der Waals surface area contributed by atoms with E-state index in [1.54, 1.807) is 0 Å². The molecular formula is C10H17F3N2O2. The fraction of sp³-hybridized carbons (Fsp3) is 0.900. The van der Waals surface area contributed by atoms with E-state index in [-0.39, 0.29) is 19.1 Å². The number of aliphatic hydroxyl groups excluding tert-OH is 1. The van der Waals surface area contributed by atoms with Crippen molar-refractivity contribution in [3.63, 3.8) is 0 Å². The Kier molecular flexibility index (Phi) is 5.04. The summed E-state index contributed by atoms with van der Waals surface area (Å²) in [6, 6.07) is -0.453. The van der Waals surface area contributed by atoms with Crippen molar-refractivity contribution < 1.29 is 23.1 Å². The molecule has 1 rings (SSSR count). The maximum absolute atomic E-state index is 11.9. The van der Waals surface area contributed by atoms with E-state index in [0.717, 1.165) is 0 Å². The number of aliphatic hydroxyl groups is 1. The Hall–Kier alpha value is -0.980. The van der Waals surface area contributed by atoms with Crippen LogP contribution in [0.4, 0.5) is 18.0 Å². The number of piperidine rings is 1. The Labute approximate surface area is 97.8 Å². The van der Waals surface area contributed by atoms with Crippen molar-refractivity contribution in [1.29, 1.82) is 0 Å². The van der Waals surface area contributed by atoms with Crippen molar-refractivity contribution in [2.24, 2.45) is 5.92 Å². The van der Waals surface area contributed by atoms with Crippen LogP contribution in [0.3, 0.4) is 0 Å². The Bertz CT molecular complexity index is 250. The van der Waals surface area contributed by atoms with Gasteiger partial charge in [0.25, 0.3) is 0 Å². The molecule has 0 unspecified atom stereocenters. The third-order valence-electron chi connectivity index (χ3n) is 2.84. The van der Waals surface area contributed by atoms with Crippen LogP contribution in [0.15, 0.2) is 0 Å². The van der Waals surface area contributed by atoms with Crippen molar-refractivity contribution in [1.82, 2.24) is 10.2 Å². The predicted octanol–water partition coefficient (Wildman–Crippen LogP) is 1.35. The Morgan fingerprint density at radius 2 is 1.94 bits per heavy atom. The van der Waals surface area contributed by atoms with E-state index in [4.69, 9.17) is 5.11 Å². The molecule has 0 atom stereocenters. The third kappa shape index (κ3) is 5.25. The molecule has 0 saturated carbocycles. The fourth-order valence-electron chi connectivity index (χ4n) is 1.74. The summed E-state index contributed by atoms with van der Waals surface area (Å²) in [5.74, 6) is 0.203. The standard InChI is InChI=1S/C10H17F3N2O2/c11-10(12,13)3-4-14-9(17)15-5-1-8(7-16)2-6-15/h8,16H,1-7H2,(H,14,17). The molecule has 0 aliphatic carbocycles. The normalized spacial score (nSPS) is 18.2. The molecule has 2 amide bonds. The minimum Gasteiger partial charge on any atom is -0.396 e. The van der Waals surface area contributed by atoms with Crippen molar-refractivity contribution in [2.45, 2.75) is 25.4 Å². The van der Waals surface area contributed by atoms with Crippen LogP contribution in [0.2, 0.25) is 0 Å². The van der Waals surface area contributed by atoms with Crippen LogP contribution in [-0.4, -0.2) is 48.5 Å². The average molecular weight is 254 g/mol. The molecule has 1 heterocycles. The number of nitrogens with zero attached hydrogens (tertiary/aromatic N) is 1. The van der Waals surface area contributed by atoms with Crippen molar-refractivity contribution >= 4 is 6.03 Å². The van der Waals surface area contributed by atoms with Crippen LogP contribution in [-0.2, 0) is 0 Å². The topological polar surface area (TPSA) is 52.6 Å². The second-order valence-electron chi connectivity index (χ2n) is 4.21. The quantitative estimate of drug-likeness (QED) is 0.798. The number of urea groups is 1. The molecule has 0 radical (unpaired) electrons. The molecule has 17 heavy (non-hydrogen) atoms. The molecule has 100 valence electrons. The first kappa shape index (κ1) is 14.1. The number of amides is 2. The highest BCUT2D eigenvalue weighted by Crippen LogP contribution is 2.19. The van der Waals surface area contributed by atoms with E-state index in [1.807, 2.05) is 0 Å². The molecule has 0 aromatic carbocycles. The molecule has 1 fully saturated rings. The van der Waals surface area contributed by atoms with E-state index in [9.17, 15) is 18.0 Å². The number of hydrogen-bond acceptors (Lipinski definition) is 2. The van der Waals surface area contributed by atoms with Gasteiger partial charge in [-0.05, 0) is 18.8 Å². The minimum absolute atomic E-state index is 0.101. The summed E-state index contributed by atoms with van der Waals surface area (Å²) in [6.45, 7) is 0.692. The predicted molar refractivity (Wildman–Crippen MR) is 55.5 cm³/mol. The average Bonchev–Trinajstić information content (AvgIpc) is 2.27. The van der Waals surface area contributed by atoms with Gasteiger partial charge in [0.15, 0.2) is 0 Å². The molecule has 0 aromatic heterocycles. The van der Waals surface area contributed by atoms with Crippen molar-refractivity contribution in [2.75, 3.05) is 26.2 Å². The van der Waals surface area contributed by atoms with Crippen molar-refractivity contribution in [3.8, 4) is 0 Å². The van der Waals surface area contributed by atoms with E-state index >= 15 is 0 Å². The van der Waals surface area contributed by atoms with Gasteiger partial charge in [-0.2, -0.15) is 13.2 Å². The highest BCUT2D eigenvalue weighted by molar-refractivity contribution is 5.74.